The number of rotatable bonds is 10. The van der Waals surface area contributed by atoms with Gasteiger partial charge in [0.2, 0.25) is 11.8 Å². The van der Waals surface area contributed by atoms with Crippen molar-refractivity contribution in [2.75, 3.05) is 92.0 Å². The lowest BCUT2D eigenvalue weighted by Gasteiger charge is -2.38. The number of carbonyl (C=O) groups is 6. The fraction of sp³-hybridized carbons (Fsp3) is 0.510. The second-order valence-corrected chi connectivity index (χ2v) is 18.8. The molecule has 2 atom stereocenters. The maximum Gasteiger partial charge on any atom is 0.320 e. The van der Waals surface area contributed by atoms with E-state index in [1.165, 1.54) is 12.8 Å². The van der Waals surface area contributed by atoms with Crippen molar-refractivity contribution in [2.24, 2.45) is 11.7 Å². The highest BCUT2D eigenvalue weighted by Gasteiger charge is 2.45. The monoisotopic (exact) mass is 910 g/mol. The molecule has 1 aliphatic carbocycles. The van der Waals surface area contributed by atoms with Crippen LogP contribution < -0.4 is 31.1 Å². The van der Waals surface area contributed by atoms with Crippen molar-refractivity contribution in [3.8, 4) is 11.8 Å². The lowest BCUT2D eigenvalue weighted by Crippen LogP contribution is -2.54. The number of carbonyl (C=O) groups excluding carboxylic acids is 6. The van der Waals surface area contributed by atoms with Gasteiger partial charge in [0.25, 0.3) is 17.7 Å². The van der Waals surface area contributed by atoms with Crippen LogP contribution in [0.1, 0.15) is 95.4 Å². The summed E-state index contributed by atoms with van der Waals surface area (Å²) in [6.45, 7) is 8.60. The Morgan fingerprint density at radius 3 is 2.15 bits per heavy atom. The fourth-order valence-electron chi connectivity index (χ4n) is 11.0. The predicted molar refractivity (Wildman–Crippen MR) is 251 cm³/mol. The van der Waals surface area contributed by atoms with Gasteiger partial charge in [0.05, 0.1) is 29.9 Å². The van der Waals surface area contributed by atoms with Crippen LogP contribution in [0.5, 0.6) is 0 Å². The summed E-state index contributed by atoms with van der Waals surface area (Å²) in [5.41, 5.74) is 9.14. The Kier molecular flexibility index (Phi) is 12.4. The molecule has 2 aromatic carbocycles. The zero-order valence-corrected chi connectivity index (χ0v) is 37.8. The van der Waals surface area contributed by atoms with E-state index in [1.54, 1.807) is 18.3 Å². The van der Waals surface area contributed by atoms with Crippen molar-refractivity contribution in [1.29, 1.82) is 0 Å². The number of benzene rings is 2. The molecule has 350 valence electrons. The van der Waals surface area contributed by atoms with Gasteiger partial charge >= 0.3 is 6.03 Å². The first-order valence-electron chi connectivity index (χ1n) is 24.0. The molecular weight excluding hydrogens is 853 g/mol. The largest absolute Gasteiger partial charge is 0.371 e. The van der Waals surface area contributed by atoms with Crippen LogP contribution in [0.25, 0.3) is 0 Å². The third kappa shape index (κ3) is 9.08. The minimum Gasteiger partial charge on any atom is -0.371 e. The van der Waals surface area contributed by atoms with E-state index in [9.17, 15) is 28.8 Å². The molecule has 18 nitrogen and oxygen atoms in total. The highest BCUT2D eigenvalue weighted by Crippen LogP contribution is 2.33. The number of hydrogen-bond donors (Lipinski definition) is 3. The molecule has 6 aliphatic heterocycles. The van der Waals surface area contributed by atoms with Crippen molar-refractivity contribution in [3.05, 3.63) is 65.5 Å². The Morgan fingerprint density at radius 2 is 1.42 bits per heavy atom. The fourth-order valence-corrected chi connectivity index (χ4v) is 11.0. The number of nitrogens with two attached hydrogens (primary N) is 1. The molecule has 3 aromatic rings. The summed E-state index contributed by atoms with van der Waals surface area (Å²) in [5.74, 6) is 5.58. The second kappa shape index (κ2) is 18.9. The number of urea groups is 1. The van der Waals surface area contributed by atoms with Crippen molar-refractivity contribution in [1.82, 2.24) is 34.9 Å². The molecule has 1 aromatic heterocycles. The molecule has 6 fully saturated rings. The summed E-state index contributed by atoms with van der Waals surface area (Å²) >= 11 is 0. The van der Waals surface area contributed by atoms with Gasteiger partial charge in [-0.2, -0.15) is 0 Å². The van der Waals surface area contributed by atoms with Gasteiger partial charge in [0.1, 0.15) is 11.9 Å². The number of piperazine rings is 1. The molecule has 7 aliphatic rings. The Labute approximate surface area is 390 Å². The van der Waals surface area contributed by atoms with Gasteiger partial charge in [0, 0.05) is 101 Å². The van der Waals surface area contributed by atoms with E-state index in [1.807, 2.05) is 18.2 Å². The van der Waals surface area contributed by atoms with Crippen LogP contribution in [0, 0.1) is 17.8 Å². The summed E-state index contributed by atoms with van der Waals surface area (Å²) in [6, 6.07) is 13.0. The molecule has 67 heavy (non-hydrogen) atoms. The molecule has 0 spiro atoms. The number of nitrogens with zero attached hydrogens (tertiary/aromatic N) is 9. The summed E-state index contributed by atoms with van der Waals surface area (Å²) in [6.07, 6.45) is 10.2. The topological polar surface area (TPSA) is 201 Å². The second-order valence-electron chi connectivity index (χ2n) is 18.8. The quantitative estimate of drug-likeness (QED) is 0.198. The molecule has 10 rings (SSSR count). The normalized spacial score (nSPS) is 23.2. The molecule has 5 saturated heterocycles. The van der Waals surface area contributed by atoms with E-state index in [-0.39, 0.29) is 36.2 Å². The van der Waals surface area contributed by atoms with Crippen LogP contribution in [-0.4, -0.2) is 155 Å². The van der Waals surface area contributed by atoms with Gasteiger partial charge in [-0.15, -0.1) is 0 Å². The number of fused-ring (bicyclic) bond motifs is 1. The minimum atomic E-state index is -0.983. The molecule has 2 unspecified atom stereocenters. The Morgan fingerprint density at radius 1 is 0.731 bits per heavy atom. The first-order chi connectivity index (χ1) is 32.6. The van der Waals surface area contributed by atoms with E-state index in [0.717, 1.165) is 119 Å². The standard InChI is InChI=1S/C49H58N12O6/c50-44(63)43-45(53-41(30-51-43)58-20-4-8-37(31-58)60-28-27-59(49(60)67)35-6-1-2-7-35)52-33-9-11-34(12-10-33)56-21-17-32(18-22-56)5-3-19-55-23-25-57(26-24-55)36-13-14-38-39(29-36)48(66)61(47(38)65)40-15-16-42(62)54-46(40)64/h9-14,29-30,32,35,37,40H,1-2,4,6-8,15-28,31H2,(H2,50,63)(H,52,53)(H,54,62,64). The number of nitrogens with one attached hydrogen (secondary N) is 2. The highest BCUT2D eigenvalue weighted by molar-refractivity contribution is 6.23. The van der Waals surface area contributed by atoms with Crippen LogP contribution in [0.15, 0.2) is 48.7 Å². The molecule has 0 bridgehead atoms. The lowest BCUT2D eigenvalue weighted by molar-refractivity contribution is -0.136. The Balaban J connectivity index is 0.685. The van der Waals surface area contributed by atoms with E-state index in [0.29, 0.717) is 42.2 Å². The molecule has 1 saturated carbocycles. The number of anilines is 5. The van der Waals surface area contributed by atoms with Crippen molar-refractivity contribution in [2.45, 2.75) is 82.3 Å². The third-order valence-electron chi connectivity index (χ3n) is 14.8. The molecule has 0 radical (unpaired) electrons. The maximum atomic E-state index is 13.5. The maximum absolute atomic E-state index is 13.5. The Hall–Kier alpha value is -6.74. The number of imide groups is 2. The highest BCUT2D eigenvalue weighted by atomic mass is 16.2. The van der Waals surface area contributed by atoms with E-state index >= 15 is 0 Å². The number of primary amides is 1. The van der Waals surface area contributed by atoms with Crippen LogP contribution >= 0.6 is 0 Å². The molecule has 7 amide bonds. The summed E-state index contributed by atoms with van der Waals surface area (Å²) in [4.78, 5) is 100. The van der Waals surface area contributed by atoms with Gasteiger partial charge in [-0.05, 0) is 87.4 Å². The molecule has 4 N–H and O–H groups in total. The SMILES string of the molecule is NC(=O)c1ncc(N2CCCC(N3CCN(C4CCCC4)C3=O)C2)nc1Nc1ccc(N2CCC(C#CCN3CCN(c4ccc5c(c4)C(=O)N(C4CCC(=O)NC4=O)C5=O)CC3)CC2)cc1. The van der Waals surface area contributed by atoms with Crippen molar-refractivity contribution in [3.63, 3.8) is 0 Å². The molecule has 7 heterocycles. The summed E-state index contributed by atoms with van der Waals surface area (Å²) in [5, 5.41) is 5.55. The zero-order chi connectivity index (χ0) is 46.2. The first kappa shape index (κ1) is 44.1. The van der Waals surface area contributed by atoms with E-state index in [2.05, 4.69) is 69.0 Å². The molecule has 18 heteroatoms. The van der Waals surface area contributed by atoms with Crippen LogP contribution in [0.2, 0.25) is 0 Å². The third-order valence-corrected chi connectivity index (χ3v) is 14.8. The Bertz CT molecular complexity index is 2500. The van der Waals surface area contributed by atoms with Crippen LogP contribution in [-0.2, 0) is 9.59 Å². The van der Waals surface area contributed by atoms with Gasteiger partial charge in [0.15, 0.2) is 11.5 Å². The number of aromatic nitrogens is 2. The van der Waals surface area contributed by atoms with E-state index in [4.69, 9.17) is 10.7 Å². The number of amides is 7. The van der Waals surface area contributed by atoms with Gasteiger partial charge < -0.3 is 35.6 Å². The van der Waals surface area contributed by atoms with Crippen LogP contribution in [0.3, 0.4) is 0 Å². The average molecular weight is 911 g/mol. The summed E-state index contributed by atoms with van der Waals surface area (Å²) < 4.78 is 0. The number of hydrogen-bond acceptors (Lipinski definition) is 13. The van der Waals surface area contributed by atoms with Crippen molar-refractivity contribution < 1.29 is 28.8 Å². The smallest absolute Gasteiger partial charge is 0.320 e. The zero-order valence-electron chi connectivity index (χ0n) is 37.8. The van der Waals surface area contributed by atoms with E-state index < -0.39 is 35.6 Å². The molecular formula is C49H58N12O6. The summed E-state index contributed by atoms with van der Waals surface area (Å²) in [7, 11) is 0. The number of piperidine rings is 3. The van der Waals surface area contributed by atoms with Gasteiger partial charge in [-0.3, -0.25) is 39.1 Å². The lowest BCUT2D eigenvalue weighted by atomic mass is 9.97. The van der Waals surface area contributed by atoms with Crippen molar-refractivity contribution >= 4 is 64.3 Å². The van der Waals surface area contributed by atoms with Gasteiger partial charge in [-0.1, -0.05) is 24.7 Å². The average Bonchev–Trinajstić information content (AvgIpc) is 4.08. The first-order valence-corrected chi connectivity index (χ1v) is 24.0. The predicted octanol–water partition coefficient (Wildman–Crippen LogP) is 3.41. The minimum absolute atomic E-state index is 0.0740. The van der Waals surface area contributed by atoms with Crippen LogP contribution in [0.4, 0.5) is 33.5 Å². The van der Waals surface area contributed by atoms with Gasteiger partial charge in [-0.25, -0.2) is 14.8 Å².